The van der Waals surface area contributed by atoms with Gasteiger partial charge in [0.05, 0.1) is 0 Å². The summed E-state index contributed by atoms with van der Waals surface area (Å²) < 4.78 is 7.02. The molecule has 0 aromatic carbocycles. The smallest absolute Gasteiger partial charge is 0.0379 e. The van der Waals surface area contributed by atoms with Crippen LogP contribution in [-0.4, -0.2) is 46.5 Å². The predicted molar refractivity (Wildman–Crippen MR) is 101 cm³/mol. The van der Waals surface area contributed by atoms with Gasteiger partial charge >= 0.3 is 79.2 Å². The van der Waals surface area contributed by atoms with Gasteiger partial charge in [0, 0.05) is 17.6 Å². The summed E-state index contributed by atoms with van der Waals surface area (Å²) in [7, 11) is -1.13. The Balaban J connectivity index is -0.000000264. The molecule has 114 valence electrons. The predicted octanol–water partition coefficient (Wildman–Crippen LogP) is 4.92. The van der Waals surface area contributed by atoms with Crippen LogP contribution in [0.3, 0.4) is 0 Å². The van der Waals surface area contributed by atoms with Crippen LogP contribution in [0.2, 0.25) is 58.9 Å². The first-order valence-electron chi connectivity index (χ1n) is 6.91. The molecular weight excluding hydrogens is 341 g/mol. The molecule has 0 atom stereocenters. The van der Waals surface area contributed by atoms with E-state index in [0.29, 0.717) is 0 Å². The van der Waals surface area contributed by atoms with Gasteiger partial charge in [-0.15, -0.1) is 0 Å². The Bertz CT molecular complexity index is 216. The van der Waals surface area contributed by atoms with Crippen molar-refractivity contribution in [3.63, 3.8) is 0 Å². The van der Waals surface area contributed by atoms with Gasteiger partial charge in [0.15, 0.2) is 0 Å². The maximum atomic E-state index is 5.86. The molecule has 0 amide bonds. The normalized spacial score (nSPS) is 11.3. The van der Waals surface area contributed by atoms with Gasteiger partial charge in [-0.1, -0.05) is 39.3 Å². The molecule has 1 nitrogen and oxygen atoms in total. The second kappa shape index (κ2) is 11.5. The summed E-state index contributed by atoms with van der Waals surface area (Å²) in [6, 6.07) is 0. The van der Waals surface area contributed by atoms with E-state index in [1.807, 2.05) is 0 Å². The molecule has 0 aliphatic heterocycles. The topological polar surface area (TPSA) is 9.23 Å². The summed E-state index contributed by atoms with van der Waals surface area (Å²) in [5.74, 6) is 0. The number of rotatable bonds is 2. The van der Waals surface area contributed by atoms with Crippen LogP contribution in [0, 0.1) is 5.41 Å². The Kier molecular flexibility index (Phi) is 15.1. The zero-order valence-corrected chi connectivity index (χ0v) is 20.5. The molecule has 4 radical (unpaired) electrons. The van der Waals surface area contributed by atoms with Crippen molar-refractivity contribution in [3.8, 4) is 0 Å². The van der Waals surface area contributed by atoms with E-state index in [9.17, 15) is 0 Å². The molecule has 0 saturated carbocycles. The second-order valence-corrected chi connectivity index (χ2v) is 19.2. The van der Waals surface area contributed by atoms with Crippen molar-refractivity contribution in [1.29, 1.82) is 0 Å². The van der Waals surface area contributed by atoms with Gasteiger partial charge in [-0.2, -0.15) is 0 Å². The molecule has 5 heteroatoms. The quantitative estimate of drug-likeness (QED) is 0.621. The molecule has 0 heterocycles. The summed E-state index contributed by atoms with van der Waals surface area (Å²) in [5, 5.41) is 0. The van der Waals surface area contributed by atoms with Crippen molar-refractivity contribution >= 4 is 46.5 Å². The molecule has 0 fully saturated rings. The van der Waals surface area contributed by atoms with Gasteiger partial charge in [0.25, 0.3) is 0 Å². The summed E-state index contributed by atoms with van der Waals surface area (Å²) in [5.41, 5.74) is 0.195. The van der Waals surface area contributed by atoms with E-state index in [-0.39, 0.29) is 23.0 Å². The molecule has 0 aromatic heterocycles. The van der Waals surface area contributed by atoms with Crippen molar-refractivity contribution < 1.29 is 4.43 Å². The molecule has 0 aliphatic carbocycles. The maximum Gasteiger partial charge on any atom is 0.0379 e. The minimum Gasteiger partial charge on any atom is -0.0715 e. The largest absolute Gasteiger partial charge is 0.0715 e. The Morgan fingerprint density at radius 1 is 0.842 bits per heavy atom. The van der Waals surface area contributed by atoms with Crippen LogP contribution in [-0.2, 0) is 4.43 Å². The number of hydrogen-bond donors (Lipinski definition) is 0. The third-order valence-electron chi connectivity index (χ3n) is 1.09. The monoisotopic (exact) mass is 378 g/mol. The van der Waals surface area contributed by atoms with Crippen molar-refractivity contribution in [2.24, 2.45) is 5.41 Å². The van der Waals surface area contributed by atoms with Crippen LogP contribution in [0.1, 0.15) is 20.8 Å². The molecular formula is C14H36GeOSi3. The molecule has 19 heavy (non-hydrogen) atoms. The third kappa shape index (κ3) is 38.1. The minimum atomic E-state index is -1.37. The molecule has 0 saturated heterocycles. The van der Waals surface area contributed by atoms with Crippen LogP contribution in [0.4, 0.5) is 0 Å². The van der Waals surface area contributed by atoms with E-state index >= 15 is 0 Å². The maximum absolute atomic E-state index is 5.86. The Hall–Kier alpha value is 0.864. The zero-order valence-electron chi connectivity index (χ0n) is 15.4. The first-order valence-corrected chi connectivity index (χ1v) is 17.4. The fourth-order valence-electron chi connectivity index (χ4n) is 0.459. The average molecular weight is 377 g/mol. The summed E-state index contributed by atoms with van der Waals surface area (Å²) in [4.78, 5) is 0. The van der Waals surface area contributed by atoms with Gasteiger partial charge in [0.1, 0.15) is 0 Å². The fourth-order valence-corrected chi connectivity index (χ4v) is 3.31. The molecule has 0 spiro atoms. The molecule has 0 aliphatic rings. The zero-order chi connectivity index (χ0) is 16.4. The van der Waals surface area contributed by atoms with Crippen LogP contribution < -0.4 is 0 Å². The van der Waals surface area contributed by atoms with Crippen molar-refractivity contribution in [2.75, 3.05) is 0 Å². The van der Waals surface area contributed by atoms with Crippen LogP contribution in [0.15, 0.2) is 0 Å². The van der Waals surface area contributed by atoms with Gasteiger partial charge in [-0.3, -0.25) is 0 Å². The molecule has 0 N–H and O–H groups in total. The average Bonchev–Trinajstić information content (AvgIpc) is 1.95. The standard InChI is InChI=1S/C8H18GeOSi.2C3H9Si/c1-8(2,3)7(9)10-11(4,5)6;2*1-4(2)3/h1-6H3;2*1-3H3. The minimum absolute atomic E-state index is 0.120. The Labute approximate surface area is 136 Å². The molecule has 0 unspecified atom stereocenters. The first kappa shape index (κ1) is 24.9. The van der Waals surface area contributed by atoms with Crippen molar-refractivity contribution in [2.45, 2.75) is 79.7 Å². The van der Waals surface area contributed by atoms with Gasteiger partial charge in [0.2, 0.25) is 0 Å². The van der Waals surface area contributed by atoms with E-state index in [2.05, 4.69) is 95.8 Å². The van der Waals surface area contributed by atoms with Crippen molar-refractivity contribution in [3.05, 3.63) is 0 Å². The summed E-state index contributed by atoms with van der Waals surface area (Å²) >= 11 is 2.08. The second-order valence-electron chi connectivity index (χ2n) is 7.79. The van der Waals surface area contributed by atoms with E-state index in [1.54, 1.807) is 0 Å². The summed E-state index contributed by atoms with van der Waals surface area (Å²) in [6.07, 6.45) is 0. The fraction of sp³-hybridized carbons (Fsp3) is 0.929. The Morgan fingerprint density at radius 2 is 1.05 bits per heavy atom. The van der Waals surface area contributed by atoms with E-state index < -0.39 is 8.32 Å². The summed E-state index contributed by atoms with van der Waals surface area (Å²) in [6.45, 7) is 26.8. The van der Waals surface area contributed by atoms with Crippen LogP contribution in [0.25, 0.3) is 0 Å². The number of hydrogen-bond acceptors (Lipinski definition) is 1. The van der Waals surface area contributed by atoms with Gasteiger partial charge in [-0.05, 0) is 0 Å². The SMILES string of the molecule is CC(C)(C)[C](=[Ge])O[Si](C)(C)C.C[Si](C)C.C[Si](C)C. The van der Waals surface area contributed by atoms with E-state index in [4.69, 9.17) is 4.43 Å². The third-order valence-corrected chi connectivity index (χ3v) is 4.12. The van der Waals surface area contributed by atoms with Crippen LogP contribution >= 0.6 is 0 Å². The molecule has 0 rings (SSSR count). The van der Waals surface area contributed by atoms with E-state index in [0.717, 1.165) is 4.54 Å². The van der Waals surface area contributed by atoms with Gasteiger partial charge in [-0.25, -0.2) is 0 Å². The molecule has 0 bridgehead atoms. The van der Waals surface area contributed by atoms with E-state index in [1.165, 1.54) is 0 Å². The first-order chi connectivity index (χ1) is 8.09. The van der Waals surface area contributed by atoms with Gasteiger partial charge < -0.3 is 0 Å². The molecule has 0 aromatic rings. The van der Waals surface area contributed by atoms with Crippen molar-refractivity contribution in [1.82, 2.24) is 0 Å². The van der Waals surface area contributed by atoms with Crippen LogP contribution in [0.5, 0.6) is 0 Å². The Morgan fingerprint density at radius 3 is 1.11 bits per heavy atom.